The molecule has 1 aromatic carbocycles. The van der Waals surface area contributed by atoms with Gasteiger partial charge in [0, 0.05) is 51.5 Å². The third-order valence-corrected chi connectivity index (χ3v) is 8.85. The van der Waals surface area contributed by atoms with Crippen LogP contribution in [0.4, 0.5) is 0 Å². The molecule has 6 rings (SSSR count). The molecule has 0 N–H and O–H groups in total. The van der Waals surface area contributed by atoms with Crippen molar-refractivity contribution >= 4 is 40.7 Å². The Balaban J connectivity index is 1.30. The summed E-state index contributed by atoms with van der Waals surface area (Å²) in [6.45, 7) is 8.62. The minimum atomic E-state index is -1.47. The van der Waals surface area contributed by atoms with E-state index in [1.165, 1.54) is 13.2 Å². The van der Waals surface area contributed by atoms with Gasteiger partial charge in [-0.3, -0.25) is 29.0 Å². The molecular formula is C34H36N2O12. The van der Waals surface area contributed by atoms with Gasteiger partial charge < -0.3 is 38.1 Å². The third-order valence-electron chi connectivity index (χ3n) is 8.85. The van der Waals surface area contributed by atoms with Gasteiger partial charge in [0.15, 0.2) is 18.3 Å². The number of hydrogen-bond donors (Lipinski definition) is 0. The number of ether oxygens (including phenoxy) is 7. The summed E-state index contributed by atoms with van der Waals surface area (Å²) < 4.78 is 40.1. The summed E-state index contributed by atoms with van der Waals surface area (Å²) in [6.07, 6.45) is -4.46. The first kappa shape index (κ1) is 33.1. The summed E-state index contributed by atoms with van der Waals surface area (Å²) in [7, 11) is 0. The van der Waals surface area contributed by atoms with Crippen LogP contribution in [-0.2, 0) is 63.7 Å². The Morgan fingerprint density at radius 2 is 1.65 bits per heavy atom. The monoisotopic (exact) mass is 664 g/mol. The van der Waals surface area contributed by atoms with E-state index in [1.54, 1.807) is 11.0 Å². The number of esters is 4. The molecule has 0 radical (unpaired) electrons. The number of piperidine rings is 1. The van der Waals surface area contributed by atoms with Crippen molar-refractivity contribution in [1.29, 1.82) is 0 Å². The first-order valence-corrected chi connectivity index (χ1v) is 15.6. The van der Waals surface area contributed by atoms with E-state index in [0.717, 1.165) is 42.9 Å². The van der Waals surface area contributed by atoms with Gasteiger partial charge in [0.2, 0.25) is 12.6 Å². The van der Waals surface area contributed by atoms with Crippen LogP contribution in [0.5, 0.6) is 0 Å². The van der Waals surface area contributed by atoms with Crippen LogP contribution in [0.1, 0.15) is 51.4 Å². The summed E-state index contributed by atoms with van der Waals surface area (Å²) in [6, 6.07) is 9.57. The van der Waals surface area contributed by atoms with Gasteiger partial charge in [0.05, 0.1) is 29.1 Å². The second kappa shape index (κ2) is 13.4. The lowest BCUT2D eigenvalue weighted by Crippen LogP contribution is -2.63. The lowest BCUT2D eigenvalue weighted by Gasteiger charge is -2.47. The van der Waals surface area contributed by atoms with Crippen molar-refractivity contribution in [3.05, 3.63) is 66.1 Å². The highest BCUT2D eigenvalue weighted by molar-refractivity contribution is 5.96. The molecule has 0 aliphatic carbocycles. The maximum Gasteiger partial charge on any atom is 0.303 e. The normalized spacial score (nSPS) is 30.5. The van der Waals surface area contributed by atoms with Gasteiger partial charge in [-0.15, -0.1) is 6.58 Å². The number of fused-ring (bicyclic) bond motifs is 5. The Kier molecular flexibility index (Phi) is 9.21. The second-order valence-corrected chi connectivity index (χ2v) is 12.1. The maximum absolute atomic E-state index is 13.8. The fourth-order valence-electron chi connectivity index (χ4n) is 6.93. The molecule has 2 saturated heterocycles. The SMILES string of the molecule is C=C[C@H]1[C@H](O[C@@H]2O[C@H](COC(C)=O)[C@@H](OC(C)=O)[C@H](OC(C)=O)[C@H]2OC(C)=O)OC=C2C(=O)N3Cc4cc5ccccc5nc4[C@@H]3C[C@H]21. The topological polar surface area (TPSA) is 166 Å². The predicted molar refractivity (Wildman–Crippen MR) is 163 cm³/mol. The zero-order valence-corrected chi connectivity index (χ0v) is 26.9. The Bertz CT molecular complexity index is 1690. The zero-order valence-electron chi connectivity index (χ0n) is 26.9. The smallest absolute Gasteiger partial charge is 0.303 e. The molecule has 4 aliphatic rings. The zero-order chi connectivity index (χ0) is 34.3. The highest BCUT2D eigenvalue weighted by Gasteiger charge is 2.55. The summed E-state index contributed by atoms with van der Waals surface area (Å²) in [5, 5.41) is 0.991. The van der Waals surface area contributed by atoms with Crippen LogP contribution >= 0.6 is 0 Å². The van der Waals surface area contributed by atoms with Crippen LogP contribution < -0.4 is 0 Å². The van der Waals surface area contributed by atoms with E-state index in [4.69, 9.17) is 38.1 Å². The molecule has 1 aromatic heterocycles. The molecule has 1 amide bonds. The van der Waals surface area contributed by atoms with E-state index < -0.39 is 73.4 Å². The minimum Gasteiger partial charge on any atom is -0.471 e. The van der Waals surface area contributed by atoms with E-state index in [2.05, 4.69) is 12.6 Å². The first-order valence-electron chi connectivity index (χ1n) is 15.6. The molecule has 2 aromatic rings. The summed E-state index contributed by atoms with van der Waals surface area (Å²) in [5.41, 5.74) is 3.11. The summed E-state index contributed by atoms with van der Waals surface area (Å²) in [4.78, 5) is 68.8. The van der Waals surface area contributed by atoms with E-state index in [1.807, 2.05) is 24.3 Å². The number of carbonyl (C=O) groups is 5. The van der Waals surface area contributed by atoms with Crippen molar-refractivity contribution in [2.45, 2.75) is 83.7 Å². The highest BCUT2D eigenvalue weighted by Crippen LogP contribution is 2.49. The van der Waals surface area contributed by atoms with Crippen molar-refractivity contribution in [3.63, 3.8) is 0 Å². The number of benzene rings is 1. The van der Waals surface area contributed by atoms with Gasteiger partial charge in [0.25, 0.3) is 5.91 Å². The van der Waals surface area contributed by atoms with Crippen molar-refractivity contribution in [1.82, 2.24) is 9.88 Å². The number of para-hydroxylation sites is 1. The van der Waals surface area contributed by atoms with Gasteiger partial charge >= 0.3 is 23.9 Å². The minimum absolute atomic E-state index is 0.184. The maximum atomic E-state index is 13.8. The number of carbonyl (C=O) groups excluding carboxylic acids is 5. The van der Waals surface area contributed by atoms with Gasteiger partial charge in [-0.25, -0.2) is 0 Å². The Hall–Kier alpha value is -4.82. The summed E-state index contributed by atoms with van der Waals surface area (Å²) >= 11 is 0. The molecular weight excluding hydrogens is 628 g/mol. The largest absolute Gasteiger partial charge is 0.471 e. The lowest BCUT2D eigenvalue weighted by molar-refractivity contribution is -0.342. The summed E-state index contributed by atoms with van der Waals surface area (Å²) in [5.74, 6) is -4.09. The first-order chi connectivity index (χ1) is 22.9. The lowest BCUT2D eigenvalue weighted by atomic mass is 9.76. The molecule has 14 nitrogen and oxygen atoms in total. The van der Waals surface area contributed by atoms with Crippen LogP contribution in [0.25, 0.3) is 10.9 Å². The quantitative estimate of drug-likeness (QED) is 0.230. The Morgan fingerprint density at radius 1 is 0.958 bits per heavy atom. The number of pyridine rings is 1. The highest BCUT2D eigenvalue weighted by atomic mass is 16.8. The van der Waals surface area contributed by atoms with E-state index >= 15 is 0 Å². The van der Waals surface area contributed by atoms with E-state index in [-0.39, 0.29) is 17.9 Å². The molecule has 0 bridgehead atoms. The third kappa shape index (κ3) is 6.37. The van der Waals surface area contributed by atoms with Crippen molar-refractivity contribution in [2.75, 3.05) is 6.61 Å². The number of rotatable bonds is 8. The average molecular weight is 665 g/mol. The number of hydrogen-bond acceptors (Lipinski definition) is 13. The number of nitrogens with zero attached hydrogens (tertiary/aromatic N) is 2. The van der Waals surface area contributed by atoms with Crippen molar-refractivity contribution < 1.29 is 57.1 Å². The molecule has 0 saturated carbocycles. The molecule has 0 spiro atoms. The molecule has 48 heavy (non-hydrogen) atoms. The van der Waals surface area contributed by atoms with Crippen molar-refractivity contribution in [3.8, 4) is 0 Å². The van der Waals surface area contributed by atoms with E-state index in [0.29, 0.717) is 18.5 Å². The fraction of sp³-hybridized carbons (Fsp3) is 0.471. The van der Waals surface area contributed by atoms with Crippen LogP contribution in [0, 0.1) is 11.8 Å². The van der Waals surface area contributed by atoms with Gasteiger partial charge in [-0.05, 0) is 24.1 Å². The standard InChI is InChI=1S/C34H36N2O12/c1-6-22-23-12-26-28-21(11-20-9-7-8-10-25(20)35-28)13-36(26)32(41)24(23)14-43-33(22)48-34-31(46-19(5)40)30(45-18(4)39)29(44-17(3)38)27(47-34)15-42-16(2)37/h6-11,14,22-23,26-27,29-31,33-34H,1,12-13,15H2,2-5H3/t22-,23+,26+,27-,29-,30+,31-,33+,34+/m1/s1. The number of aromatic nitrogens is 1. The molecule has 5 heterocycles. The average Bonchev–Trinajstić information content (AvgIpc) is 3.38. The molecule has 9 atom stereocenters. The van der Waals surface area contributed by atoms with Gasteiger partial charge in [-0.1, -0.05) is 24.3 Å². The van der Waals surface area contributed by atoms with Gasteiger partial charge in [-0.2, -0.15) is 0 Å². The molecule has 254 valence electrons. The Labute approximate surface area is 275 Å². The number of amides is 1. The van der Waals surface area contributed by atoms with Crippen LogP contribution in [0.2, 0.25) is 0 Å². The van der Waals surface area contributed by atoms with Gasteiger partial charge in [0.1, 0.15) is 12.7 Å². The van der Waals surface area contributed by atoms with E-state index in [9.17, 15) is 24.0 Å². The van der Waals surface area contributed by atoms with Crippen LogP contribution in [0.15, 0.2) is 54.8 Å². The molecule has 2 fully saturated rings. The Morgan fingerprint density at radius 3 is 2.33 bits per heavy atom. The van der Waals surface area contributed by atoms with Crippen LogP contribution in [0.3, 0.4) is 0 Å². The molecule has 4 aliphatic heterocycles. The molecule has 14 heteroatoms. The van der Waals surface area contributed by atoms with Crippen LogP contribution in [-0.4, -0.2) is 83.3 Å². The van der Waals surface area contributed by atoms with Crippen molar-refractivity contribution in [2.24, 2.45) is 11.8 Å². The predicted octanol–water partition coefficient (Wildman–Crippen LogP) is 2.78. The molecule has 0 unspecified atom stereocenters. The fourth-order valence-corrected chi connectivity index (χ4v) is 6.93. The second-order valence-electron chi connectivity index (χ2n) is 12.1.